The summed E-state index contributed by atoms with van der Waals surface area (Å²) in [5.74, 6) is 0.659. The number of ether oxygens (including phenoxy) is 1. The average Bonchev–Trinajstić information content (AvgIpc) is 2.34. The van der Waals surface area contributed by atoms with E-state index in [1.807, 2.05) is 0 Å². The zero-order chi connectivity index (χ0) is 14.6. The number of hydrogen-bond acceptors (Lipinski definition) is 3. The zero-order valence-corrected chi connectivity index (χ0v) is 10.9. The van der Waals surface area contributed by atoms with Crippen LogP contribution >= 0.6 is 0 Å². The molecule has 1 rings (SSSR count). The Labute approximate surface area is 109 Å². The van der Waals surface area contributed by atoms with Crippen molar-refractivity contribution in [1.82, 2.24) is 0 Å². The monoisotopic (exact) mass is 272 g/mol. The summed E-state index contributed by atoms with van der Waals surface area (Å²) in [6.07, 6.45) is -3.74. The maximum absolute atomic E-state index is 12.4. The van der Waals surface area contributed by atoms with Gasteiger partial charge in [-0.1, -0.05) is 0 Å². The minimum atomic E-state index is -4.56. The van der Waals surface area contributed by atoms with E-state index in [4.69, 9.17) is 10.5 Å². The molecule has 0 saturated carbocycles. The predicted octanol–water partition coefficient (Wildman–Crippen LogP) is 2.83. The van der Waals surface area contributed by atoms with Crippen LogP contribution in [-0.2, 0) is 0 Å². The number of rotatable bonds is 3. The third-order valence-electron chi connectivity index (χ3n) is 2.55. The molecule has 0 fully saturated rings. The van der Waals surface area contributed by atoms with Crippen molar-refractivity contribution in [3.05, 3.63) is 41.1 Å². The largest absolute Gasteiger partial charge is 0.496 e. The Balaban J connectivity index is 3.16. The molecule has 0 unspecified atom stereocenters. The first-order valence-corrected chi connectivity index (χ1v) is 5.45. The summed E-state index contributed by atoms with van der Waals surface area (Å²) in [5, 5.41) is 0. The lowest BCUT2D eigenvalue weighted by Crippen LogP contribution is -2.20. The highest BCUT2D eigenvalue weighted by molar-refractivity contribution is 6.09. The molecule has 19 heavy (non-hydrogen) atoms. The number of hydrogen-bond donors (Lipinski definition) is 1. The first-order chi connectivity index (χ1) is 8.79. The fraction of sp³-hybridized carbons (Fsp3) is 0.308. The number of nitrogens with zero attached hydrogens (tertiary/aromatic N) is 1. The molecule has 0 radical (unpaired) electrons. The number of benzene rings is 1. The van der Waals surface area contributed by atoms with Gasteiger partial charge in [-0.05, 0) is 36.8 Å². The summed E-state index contributed by atoms with van der Waals surface area (Å²) in [6, 6.07) is 5.00. The van der Waals surface area contributed by atoms with Crippen LogP contribution in [0.1, 0.15) is 11.1 Å². The number of aryl methyl sites for hydroxylation is 1. The van der Waals surface area contributed by atoms with Crippen molar-refractivity contribution >= 4 is 5.71 Å². The summed E-state index contributed by atoms with van der Waals surface area (Å²) in [7, 11) is 2.94. The van der Waals surface area contributed by atoms with E-state index >= 15 is 0 Å². The van der Waals surface area contributed by atoms with Crippen LogP contribution in [0.15, 0.2) is 35.0 Å². The number of allylic oxidation sites excluding steroid dienone is 2. The Morgan fingerprint density at radius 3 is 2.42 bits per heavy atom. The van der Waals surface area contributed by atoms with Gasteiger partial charge in [0.05, 0.1) is 12.8 Å². The van der Waals surface area contributed by atoms with Gasteiger partial charge in [-0.2, -0.15) is 13.2 Å². The SMILES string of the molecule is CN=C(C=C(N)C(F)(F)F)c1ccc(OC)c(C)c1. The smallest absolute Gasteiger partial charge is 0.430 e. The highest BCUT2D eigenvalue weighted by Gasteiger charge is 2.31. The van der Waals surface area contributed by atoms with Crippen molar-refractivity contribution in [3.63, 3.8) is 0 Å². The zero-order valence-electron chi connectivity index (χ0n) is 10.9. The Hall–Kier alpha value is -1.98. The predicted molar refractivity (Wildman–Crippen MR) is 68.5 cm³/mol. The number of aliphatic imine (C=N–C) groups is 1. The van der Waals surface area contributed by atoms with Gasteiger partial charge in [0.1, 0.15) is 11.4 Å². The van der Waals surface area contributed by atoms with Crippen molar-refractivity contribution in [2.24, 2.45) is 10.7 Å². The Kier molecular flexibility index (Phi) is 4.58. The van der Waals surface area contributed by atoms with E-state index in [0.29, 0.717) is 11.3 Å². The van der Waals surface area contributed by atoms with Crippen molar-refractivity contribution in [3.8, 4) is 5.75 Å². The average molecular weight is 272 g/mol. The molecular formula is C13H15F3N2O. The first kappa shape index (κ1) is 15.1. The molecule has 3 nitrogen and oxygen atoms in total. The van der Waals surface area contributed by atoms with Crippen molar-refractivity contribution < 1.29 is 17.9 Å². The molecule has 6 heteroatoms. The van der Waals surface area contributed by atoms with Crippen molar-refractivity contribution in [1.29, 1.82) is 0 Å². The van der Waals surface area contributed by atoms with Crippen molar-refractivity contribution in [2.75, 3.05) is 14.2 Å². The van der Waals surface area contributed by atoms with Gasteiger partial charge in [-0.25, -0.2) is 0 Å². The van der Waals surface area contributed by atoms with Gasteiger partial charge in [0, 0.05) is 12.6 Å². The topological polar surface area (TPSA) is 47.6 Å². The fourth-order valence-corrected chi connectivity index (χ4v) is 1.54. The van der Waals surface area contributed by atoms with Gasteiger partial charge in [-0.15, -0.1) is 0 Å². The Morgan fingerprint density at radius 2 is 2.00 bits per heavy atom. The van der Waals surface area contributed by atoms with Crippen LogP contribution in [0.4, 0.5) is 13.2 Å². The lowest BCUT2D eigenvalue weighted by Gasteiger charge is -2.10. The van der Waals surface area contributed by atoms with Gasteiger partial charge in [0.25, 0.3) is 0 Å². The van der Waals surface area contributed by atoms with Crippen LogP contribution in [-0.4, -0.2) is 26.0 Å². The van der Waals surface area contributed by atoms with Crippen LogP contribution < -0.4 is 10.5 Å². The molecule has 104 valence electrons. The molecule has 0 aromatic heterocycles. The summed E-state index contributed by atoms with van der Waals surface area (Å²) >= 11 is 0. The van der Waals surface area contributed by atoms with Crippen LogP contribution in [0.2, 0.25) is 0 Å². The number of methoxy groups -OCH3 is 1. The maximum atomic E-state index is 12.4. The molecular weight excluding hydrogens is 257 g/mol. The van der Waals surface area contributed by atoms with E-state index in [1.54, 1.807) is 25.1 Å². The van der Waals surface area contributed by atoms with Gasteiger partial charge in [0.15, 0.2) is 0 Å². The standard InChI is InChI=1S/C13H15F3N2O/c1-8-6-9(4-5-11(8)19-3)10(18-2)7-12(17)13(14,15)16/h4-7H,17H2,1-3H3. The van der Waals surface area contributed by atoms with E-state index in [2.05, 4.69) is 4.99 Å². The number of nitrogens with two attached hydrogens (primary N) is 1. The van der Waals surface area contributed by atoms with Gasteiger partial charge < -0.3 is 10.5 Å². The van der Waals surface area contributed by atoms with Gasteiger partial charge in [0.2, 0.25) is 0 Å². The molecule has 0 amide bonds. The molecule has 0 spiro atoms. The van der Waals surface area contributed by atoms with E-state index in [0.717, 1.165) is 11.6 Å². The molecule has 0 aliphatic rings. The quantitative estimate of drug-likeness (QED) is 0.860. The van der Waals surface area contributed by atoms with Gasteiger partial charge in [-0.3, -0.25) is 4.99 Å². The third-order valence-corrected chi connectivity index (χ3v) is 2.55. The summed E-state index contributed by atoms with van der Waals surface area (Å²) in [5.41, 5.74) is 5.33. The van der Waals surface area contributed by atoms with Crippen LogP contribution in [0.3, 0.4) is 0 Å². The first-order valence-electron chi connectivity index (χ1n) is 5.45. The Morgan fingerprint density at radius 1 is 1.37 bits per heavy atom. The molecule has 1 aromatic carbocycles. The fourth-order valence-electron chi connectivity index (χ4n) is 1.54. The normalized spacial score (nSPS) is 13.6. The second kappa shape index (κ2) is 5.77. The molecule has 0 saturated heterocycles. The summed E-state index contributed by atoms with van der Waals surface area (Å²) in [4.78, 5) is 3.83. The second-order valence-electron chi connectivity index (χ2n) is 3.89. The minimum absolute atomic E-state index is 0.167. The number of alkyl halides is 3. The molecule has 0 aliphatic carbocycles. The Bertz CT molecular complexity index is 519. The van der Waals surface area contributed by atoms with Crippen LogP contribution in [0.25, 0.3) is 0 Å². The lowest BCUT2D eigenvalue weighted by atomic mass is 10.1. The van der Waals surface area contributed by atoms with E-state index < -0.39 is 11.9 Å². The molecule has 0 bridgehead atoms. The molecule has 1 aromatic rings. The van der Waals surface area contributed by atoms with Crippen LogP contribution in [0.5, 0.6) is 5.75 Å². The molecule has 0 aliphatic heterocycles. The summed E-state index contributed by atoms with van der Waals surface area (Å²) in [6.45, 7) is 1.80. The van der Waals surface area contributed by atoms with E-state index in [9.17, 15) is 13.2 Å². The van der Waals surface area contributed by atoms with E-state index in [-0.39, 0.29) is 5.71 Å². The lowest BCUT2D eigenvalue weighted by molar-refractivity contribution is -0.0925. The van der Waals surface area contributed by atoms with Crippen molar-refractivity contribution in [2.45, 2.75) is 13.1 Å². The van der Waals surface area contributed by atoms with Gasteiger partial charge >= 0.3 is 6.18 Å². The molecule has 0 heterocycles. The highest BCUT2D eigenvalue weighted by atomic mass is 19.4. The van der Waals surface area contributed by atoms with E-state index in [1.165, 1.54) is 14.2 Å². The number of halogens is 3. The highest BCUT2D eigenvalue weighted by Crippen LogP contribution is 2.23. The molecule has 2 N–H and O–H groups in total. The third kappa shape index (κ3) is 3.74. The second-order valence-corrected chi connectivity index (χ2v) is 3.89. The van der Waals surface area contributed by atoms with Crippen LogP contribution in [0, 0.1) is 6.92 Å². The minimum Gasteiger partial charge on any atom is -0.496 e. The molecule has 0 atom stereocenters. The summed E-state index contributed by atoms with van der Waals surface area (Å²) < 4.78 is 42.3. The maximum Gasteiger partial charge on any atom is 0.430 e.